The predicted octanol–water partition coefficient (Wildman–Crippen LogP) is 2.94. The van der Waals surface area contributed by atoms with Gasteiger partial charge in [0.25, 0.3) is 0 Å². The summed E-state index contributed by atoms with van der Waals surface area (Å²) in [5, 5.41) is 10.5. The third-order valence-electron chi connectivity index (χ3n) is 3.71. The lowest BCUT2D eigenvalue weighted by molar-refractivity contribution is 0.0682. The minimum absolute atomic E-state index is 0.0275. The van der Waals surface area contributed by atoms with E-state index in [9.17, 15) is 5.11 Å². The summed E-state index contributed by atoms with van der Waals surface area (Å²) in [7, 11) is 2.01. The van der Waals surface area contributed by atoms with Gasteiger partial charge in [-0.05, 0) is 38.6 Å². The highest BCUT2D eigenvalue weighted by molar-refractivity contribution is 5.24. The fourth-order valence-electron chi connectivity index (χ4n) is 2.17. The lowest BCUT2D eigenvalue weighted by Crippen LogP contribution is -2.34. The molecule has 2 aromatic rings. The quantitative estimate of drug-likeness (QED) is 0.907. The Morgan fingerprint density at radius 2 is 1.85 bits per heavy atom. The summed E-state index contributed by atoms with van der Waals surface area (Å²) in [6.07, 6.45) is 1.30. The van der Waals surface area contributed by atoms with Gasteiger partial charge in [0.2, 0.25) is 0 Å². The lowest BCUT2D eigenvalue weighted by atomic mass is 10.0. The fraction of sp³-hybridized carbons (Fsp3) is 0.353. The zero-order valence-electron chi connectivity index (χ0n) is 12.3. The summed E-state index contributed by atoms with van der Waals surface area (Å²) >= 11 is 0. The second-order valence-corrected chi connectivity index (χ2v) is 5.33. The molecule has 0 bridgehead atoms. The van der Waals surface area contributed by atoms with Gasteiger partial charge < -0.3 is 5.11 Å². The molecule has 0 aliphatic rings. The van der Waals surface area contributed by atoms with Crippen molar-refractivity contribution in [3.8, 4) is 0 Å². The molecule has 1 aromatic carbocycles. The molecule has 0 radical (unpaired) electrons. The average molecular weight is 270 g/mol. The van der Waals surface area contributed by atoms with E-state index in [-0.39, 0.29) is 6.04 Å². The van der Waals surface area contributed by atoms with E-state index in [0.717, 1.165) is 17.8 Å². The maximum atomic E-state index is 10.5. The van der Waals surface area contributed by atoms with Crippen LogP contribution in [0.15, 0.2) is 48.7 Å². The molecule has 1 N–H and O–H groups in total. The van der Waals surface area contributed by atoms with Crippen molar-refractivity contribution in [2.45, 2.75) is 32.5 Å². The van der Waals surface area contributed by atoms with Gasteiger partial charge in [-0.3, -0.25) is 9.88 Å². The van der Waals surface area contributed by atoms with Gasteiger partial charge in [-0.25, -0.2) is 0 Å². The average Bonchev–Trinajstić information content (AvgIpc) is 2.47. The van der Waals surface area contributed by atoms with Crippen LogP contribution in [0.3, 0.4) is 0 Å². The van der Waals surface area contributed by atoms with Crippen LogP contribution in [0.4, 0.5) is 0 Å². The predicted molar refractivity (Wildman–Crippen MR) is 81.3 cm³/mol. The monoisotopic (exact) mass is 270 g/mol. The highest BCUT2D eigenvalue weighted by Gasteiger charge is 2.20. The topological polar surface area (TPSA) is 36.4 Å². The molecule has 0 aliphatic heterocycles. The number of benzene rings is 1. The molecule has 1 heterocycles. The van der Waals surface area contributed by atoms with E-state index in [4.69, 9.17) is 0 Å². The van der Waals surface area contributed by atoms with Gasteiger partial charge in [0.05, 0.1) is 11.8 Å². The van der Waals surface area contributed by atoms with E-state index in [1.165, 1.54) is 5.56 Å². The lowest BCUT2D eigenvalue weighted by Gasteiger charge is -2.29. The molecule has 1 aromatic heterocycles. The van der Waals surface area contributed by atoms with E-state index in [2.05, 4.69) is 9.88 Å². The SMILES string of the molecule is Cc1ccc(C(O)C(C)N(C)Cc2ccccn2)cc1. The Morgan fingerprint density at radius 3 is 2.45 bits per heavy atom. The third kappa shape index (κ3) is 3.65. The number of aliphatic hydroxyl groups excluding tert-OH is 1. The standard InChI is InChI=1S/C17H22N2O/c1-13-7-9-15(10-8-13)17(20)14(2)19(3)12-16-6-4-5-11-18-16/h4-11,14,17,20H,12H2,1-3H3. The molecular weight excluding hydrogens is 248 g/mol. The van der Waals surface area contributed by atoms with Crippen LogP contribution in [-0.2, 0) is 6.54 Å². The molecule has 3 heteroatoms. The van der Waals surface area contributed by atoms with Crippen molar-refractivity contribution in [3.05, 3.63) is 65.5 Å². The molecule has 20 heavy (non-hydrogen) atoms. The molecule has 2 rings (SSSR count). The maximum Gasteiger partial charge on any atom is 0.0942 e. The minimum atomic E-state index is -0.496. The van der Waals surface area contributed by atoms with Crippen LogP contribution >= 0.6 is 0 Å². The normalized spacial score (nSPS) is 14.2. The number of aliphatic hydroxyl groups is 1. The van der Waals surface area contributed by atoms with Crippen LogP contribution in [0.1, 0.15) is 29.8 Å². The van der Waals surface area contributed by atoms with Gasteiger partial charge in [0.1, 0.15) is 0 Å². The van der Waals surface area contributed by atoms with Gasteiger partial charge in [0, 0.05) is 18.8 Å². The summed E-state index contributed by atoms with van der Waals surface area (Å²) in [6.45, 7) is 4.81. The van der Waals surface area contributed by atoms with Crippen LogP contribution in [0.5, 0.6) is 0 Å². The molecule has 0 amide bonds. The number of aromatic nitrogens is 1. The van der Waals surface area contributed by atoms with E-state index < -0.39 is 6.10 Å². The number of nitrogens with zero attached hydrogens (tertiary/aromatic N) is 2. The first-order valence-electron chi connectivity index (χ1n) is 6.92. The van der Waals surface area contributed by atoms with Crippen molar-refractivity contribution in [1.82, 2.24) is 9.88 Å². The van der Waals surface area contributed by atoms with Gasteiger partial charge >= 0.3 is 0 Å². The Kier molecular flexibility index (Phi) is 4.88. The third-order valence-corrected chi connectivity index (χ3v) is 3.71. The second-order valence-electron chi connectivity index (χ2n) is 5.33. The Hall–Kier alpha value is -1.71. The molecule has 2 unspecified atom stereocenters. The number of pyridine rings is 1. The van der Waals surface area contributed by atoms with Crippen molar-refractivity contribution in [2.75, 3.05) is 7.05 Å². The first-order valence-corrected chi connectivity index (χ1v) is 6.92. The van der Waals surface area contributed by atoms with E-state index in [1.54, 1.807) is 6.20 Å². The zero-order chi connectivity index (χ0) is 14.5. The first kappa shape index (κ1) is 14.7. The van der Waals surface area contributed by atoms with Crippen LogP contribution in [0.25, 0.3) is 0 Å². The van der Waals surface area contributed by atoms with Crippen molar-refractivity contribution in [2.24, 2.45) is 0 Å². The van der Waals surface area contributed by atoms with E-state index in [1.807, 2.05) is 63.4 Å². The molecule has 106 valence electrons. The van der Waals surface area contributed by atoms with Crippen molar-refractivity contribution < 1.29 is 5.11 Å². The molecule has 0 aliphatic carbocycles. The summed E-state index contributed by atoms with van der Waals surface area (Å²) in [5.41, 5.74) is 3.17. The number of aryl methyl sites for hydroxylation is 1. The number of hydrogen-bond acceptors (Lipinski definition) is 3. The smallest absolute Gasteiger partial charge is 0.0942 e. The highest BCUT2D eigenvalue weighted by atomic mass is 16.3. The Morgan fingerprint density at radius 1 is 1.15 bits per heavy atom. The number of rotatable bonds is 5. The van der Waals surface area contributed by atoms with E-state index >= 15 is 0 Å². The molecule has 0 fully saturated rings. The van der Waals surface area contributed by atoms with Gasteiger partial charge in [-0.15, -0.1) is 0 Å². The zero-order valence-corrected chi connectivity index (χ0v) is 12.3. The van der Waals surface area contributed by atoms with Crippen molar-refractivity contribution in [1.29, 1.82) is 0 Å². The summed E-state index contributed by atoms with van der Waals surface area (Å²) in [4.78, 5) is 6.44. The summed E-state index contributed by atoms with van der Waals surface area (Å²) < 4.78 is 0. The second kappa shape index (κ2) is 6.64. The van der Waals surface area contributed by atoms with Crippen molar-refractivity contribution >= 4 is 0 Å². The van der Waals surface area contributed by atoms with Gasteiger partial charge in [-0.1, -0.05) is 35.9 Å². The Balaban J connectivity index is 2.02. The van der Waals surface area contributed by atoms with Gasteiger partial charge in [0.15, 0.2) is 0 Å². The van der Waals surface area contributed by atoms with Crippen LogP contribution in [-0.4, -0.2) is 28.1 Å². The fourth-order valence-corrected chi connectivity index (χ4v) is 2.17. The first-order chi connectivity index (χ1) is 9.58. The molecule has 0 saturated carbocycles. The van der Waals surface area contributed by atoms with Crippen LogP contribution < -0.4 is 0 Å². The van der Waals surface area contributed by atoms with Crippen molar-refractivity contribution in [3.63, 3.8) is 0 Å². The van der Waals surface area contributed by atoms with E-state index in [0.29, 0.717) is 0 Å². The Bertz CT molecular complexity index is 524. The maximum absolute atomic E-state index is 10.5. The highest BCUT2D eigenvalue weighted by Crippen LogP contribution is 2.21. The van der Waals surface area contributed by atoms with Gasteiger partial charge in [-0.2, -0.15) is 0 Å². The summed E-state index contributed by atoms with van der Waals surface area (Å²) in [5.74, 6) is 0. The largest absolute Gasteiger partial charge is 0.387 e. The number of likely N-dealkylation sites (N-methyl/N-ethyl adjacent to an activating group) is 1. The molecule has 3 nitrogen and oxygen atoms in total. The molecule has 0 spiro atoms. The Labute approximate surface area is 120 Å². The summed E-state index contributed by atoms with van der Waals surface area (Å²) in [6, 6.07) is 14.0. The molecule has 2 atom stereocenters. The molecular formula is C17H22N2O. The number of hydrogen-bond donors (Lipinski definition) is 1. The molecule has 0 saturated heterocycles. The minimum Gasteiger partial charge on any atom is -0.387 e. The van der Waals surface area contributed by atoms with Crippen LogP contribution in [0, 0.1) is 6.92 Å². The van der Waals surface area contributed by atoms with Crippen LogP contribution in [0.2, 0.25) is 0 Å².